The summed E-state index contributed by atoms with van der Waals surface area (Å²) >= 11 is 7.00. The van der Waals surface area contributed by atoms with Crippen LogP contribution in [-0.4, -0.2) is 32.8 Å². The molecule has 0 aliphatic rings. The van der Waals surface area contributed by atoms with Crippen LogP contribution in [0.2, 0.25) is 0 Å². The van der Waals surface area contributed by atoms with Crippen molar-refractivity contribution in [1.29, 1.82) is 0 Å². The third-order valence-corrected chi connectivity index (χ3v) is 4.01. The first-order valence-electron chi connectivity index (χ1n) is 6.85. The second-order valence-electron chi connectivity index (χ2n) is 5.04. The molecule has 0 spiro atoms. The molecule has 0 aliphatic carbocycles. The van der Waals surface area contributed by atoms with E-state index in [1.807, 2.05) is 44.2 Å². The van der Waals surface area contributed by atoms with Gasteiger partial charge in [0.05, 0.1) is 5.69 Å². The number of carbonyl (C=O) groups excluding carboxylic acids is 1. The zero-order valence-corrected chi connectivity index (χ0v) is 13.7. The molecule has 0 N–H and O–H groups in total. The highest BCUT2D eigenvalue weighted by Crippen LogP contribution is 2.22. The molecule has 0 saturated carbocycles. The van der Waals surface area contributed by atoms with Crippen molar-refractivity contribution in [2.45, 2.75) is 26.3 Å². The van der Waals surface area contributed by atoms with Crippen LogP contribution < -0.4 is 0 Å². The van der Waals surface area contributed by atoms with Crippen LogP contribution in [0, 0.1) is 0 Å². The average Bonchev–Trinajstić information content (AvgIpc) is 2.97. The van der Waals surface area contributed by atoms with E-state index in [0.717, 1.165) is 22.8 Å². The van der Waals surface area contributed by atoms with Crippen LogP contribution in [0.1, 0.15) is 40.7 Å². The van der Waals surface area contributed by atoms with E-state index in [0.29, 0.717) is 23.8 Å². The molecule has 1 heterocycles. The van der Waals surface area contributed by atoms with Crippen LogP contribution in [0.15, 0.2) is 30.3 Å². The van der Waals surface area contributed by atoms with Crippen molar-refractivity contribution >= 4 is 29.0 Å². The number of benzene rings is 1. The van der Waals surface area contributed by atoms with Crippen molar-refractivity contribution in [3.63, 3.8) is 0 Å². The largest absolute Gasteiger partial charge is 0.332 e. The van der Waals surface area contributed by atoms with Gasteiger partial charge in [0.15, 0.2) is 0 Å². The first-order valence-corrected chi connectivity index (χ1v) is 8.15. The van der Waals surface area contributed by atoms with E-state index in [4.69, 9.17) is 11.6 Å². The Bertz CT molecular complexity index is 586. The summed E-state index contributed by atoms with van der Waals surface area (Å²) in [6, 6.07) is 9.89. The molecule has 0 unspecified atom stereocenters. The molecule has 0 saturated heterocycles. The molecule has 2 aromatic rings. The van der Waals surface area contributed by atoms with E-state index in [1.54, 1.807) is 4.90 Å². The second kappa shape index (κ2) is 7.52. The summed E-state index contributed by atoms with van der Waals surface area (Å²) < 4.78 is 3.93. The van der Waals surface area contributed by atoms with Crippen molar-refractivity contribution in [2.75, 3.05) is 12.4 Å². The highest BCUT2D eigenvalue weighted by atomic mass is 35.5. The number of hydrogen-bond acceptors (Lipinski definition) is 4. The van der Waals surface area contributed by atoms with Gasteiger partial charge in [0.2, 0.25) is 0 Å². The molecular weight excluding hydrogens is 306 g/mol. The number of alkyl halides is 1. The van der Waals surface area contributed by atoms with Crippen LogP contribution >= 0.6 is 23.1 Å². The minimum absolute atomic E-state index is 0.0433. The Balaban J connectivity index is 2.21. The normalized spacial score (nSPS) is 10.9. The van der Waals surface area contributed by atoms with Crippen LogP contribution in [-0.2, 0) is 6.54 Å². The van der Waals surface area contributed by atoms with Gasteiger partial charge >= 0.3 is 0 Å². The summed E-state index contributed by atoms with van der Waals surface area (Å²) in [7, 11) is 0. The van der Waals surface area contributed by atoms with E-state index < -0.39 is 0 Å². The van der Waals surface area contributed by atoms with Crippen molar-refractivity contribution in [1.82, 2.24) is 14.5 Å². The van der Waals surface area contributed by atoms with Crippen LogP contribution in [0.4, 0.5) is 0 Å². The predicted octanol–water partition coefficient (Wildman–Crippen LogP) is 3.54. The van der Waals surface area contributed by atoms with Gasteiger partial charge in [-0.15, -0.1) is 16.7 Å². The molecule has 6 heteroatoms. The SMILES string of the molecule is CC(C)c1nnsc1C(=O)N(CCCl)Cc1ccccc1. The van der Waals surface area contributed by atoms with Crippen molar-refractivity contribution in [3.05, 3.63) is 46.5 Å². The quantitative estimate of drug-likeness (QED) is 0.764. The smallest absolute Gasteiger partial charge is 0.267 e. The molecule has 1 aromatic heterocycles. The molecule has 112 valence electrons. The third kappa shape index (κ3) is 4.02. The van der Waals surface area contributed by atoms with Gasteiger partial charge in [-0.2, -0.15) is 0 Å². The molecule has 1 aromatic carbocycles. The Kier molecular flexibility index (Phi) is 5.70. The van der Waals surface area contributed by atoms with Gasteiger partial charge in [-0.05, 0) is 23.0 Å². The molecular formula is C15H18ClN3OS. The molecule has 0 atom stereocenters. The van der Waals surface area contributed by atoms with Crippen molar-refractivity contribution in [2.24, 2.45) is 0 Å². The molecule has 0 aliphatic heterocycles. The second-order valence-corrected chi connectivity index (χ2v) is 6.18. The average molecular weight is 324 g/mol. The van der Waals surface area contributed by atoms with Gasteiger partial charge in [0, 0.05) is 19.0 Å². The summed E-state index contributed by atoms with van der Waals surface area (Å²) in [5.74, 6) is 0.539. The summed E-state index contributed by atoms with van der Waals surface area (Å²) in [5.41, 5.74) is 1.84. The summed E-state index contributed by atoms with van der Waals surface area (Å²) in [4.78, 5) is 15.1. The fourth-order valence-corrected chi connectivity index (χ4v) is 3.02. The van der Waals surface area contributed by atoms with E-state index in [-0.39, 0.29) is 11.8 Å². The highest BCUT2D eigenvalue weighted by molar-refractivity contribution is 7.08. The number of carbonyl (C=O) groups is 1. The maximum Gasteiger partial charge on any atom is 0.267 e. The lowest BCUT2D eigenvalue weighted by Crippen LogP contribution is -2.32. The zero-order valence-electron chi connectivity index (χ0n) is 12.1. The Morgan fingerprint density at radius 1 is 1.33 bits per heavy atom. The van der Waals surface area contributed by atoms with E-state index >= 15 is 0 Å². The lowest BCUT2D eigenvalue weighted by atomic mass is 10.1. The maximum atomic E-state index is 12.7. The fourth-order valence-electron chi connectivity index (χ4n) is 2.03. The van der Waals surface area contributed by atoms with Crippen LogP contribution in [0.5, 0.6) is 0 Å². The van der Waals surface area contributed by atoms with Gasteiger partial charge in [-0.3, -0.25) is 4.79 Å². The molecule has 0 fully saturated rings. The molecule has 0 radical (unpaired) electrons. The van der Waals surface area contributed by atoms with Crippen LogP contribution in [0.3, 0.4) is 0 Å². The predicted molar refractivity (Wildman–Crippen MR) is 85.9 cm³/mol. The number of hydrogen-bond donors (Lipinski definition) is 0. The van der Waals surface area contributed by atoms with Gasteiger partial charge in [0.1, 0.15) is 4.88 Å². The van der Waals surface area contributed by atoms with Gasteiger partial charge in [-0.1, -0.05) is 48.7 Å². The van der Waals surface area contributed by atoms with Crippen molar-refractivity contribution < 1.29 is 4.79 Å². The van der Waals surface area contributed by atoms with E-state index in [2.05, 4.69) is 9.59 Å². The fraction of sp³-hybridized carbons (Fsp3) is 0.400. The van der Waals surface area contributed by atoms with Gasteiger partial charge in [-0.25, -0.2) is 0 Å². The molecule has 2 rings (SSSR count). The van der Waals surface area contributed by atoms with Crippen LogP contribution in [0.25, 0.3) is 0 Å². The van der Waals surface area contributed by atoms with Gasteiger partial charge < -0.3 is 4.90 Å². The lowest BCUT2D eigenvalue weighted by molar-refractivity contribution is 0.0757. The number of nitrogens with zero attached hydrogens (tertiary/aromatic N) is 3. The minimum Gasteiger partial charge on any atom is -0.332 e. The minimum atomic E-state index is -0.0433. The summed E-state index contributed by atoms with van der Waals surface area (Å²) in [6.07, 6.45) is 0. The Morgan fingerprint density at radius 2 is 2.05 bits per heavy atom. The number of amides is 1. The standard InChI is InChI=1S/C15H18ClN3OS/c1-11(2)13-14(21-18-17-13)15(20)19(9-8-16)10-12-6-4-3-5-7-12/h3-7,11H,8-10H2,1-2H3. The molecule has 1 amide bonds. The monoisotopic (exact) mass is 323 g/mol. The molecule has 4 nitrogen and oxygen atoms in total. The van der Waals surface area contributed by atoms with Crippen molar-refractivity contribution in [3.8, 4) is 0 Å². The van der Waals surface area contributed by atoms with E-state index in [1.165, 1.54) is 0 Å². The number of halogens is 1. The Hall–Kier alpha value is -1.46. The first-order chi connectivity index (χ1) is 10.1. The van der Waals surface area contributed by atoms with E-state index in [9.17, 15) is 4.79 Å². The number of rotatable bonds is 6. The van der Waals surface area contributed by atoms with Gasteiger partial charge in [0.25, 0.3) is 5.91 Å². The molecule has 0 bridgehead atoms. The maximum absolute atomic E-state index is 12.7. The Labute approximate surface area is 133 Å². The highest BCUT2D eigenvalue weighted by Gasteiger charge is 2.23. The topological polar surface area (TPSA) is 46.1 Å². The summed E-state index contributed by atoms with van der Waals surface area (Å²) in [5, 5.41) is 4.07. The first kappa shape index (κ1) is 15.9. The lowest BCUT2D eigenvalue weighted by Gasteiger charge is -2.21. The number of aromatic nitrogens is 2. The Morgan fingerprint density at radius 3 is 2.67 bits per heavy atom. The molecule has 21 heavy (non-hydrogen) atoms. The third-order valence-electron chi connectivity index (χ3n) is 3.11. The zero-order chi connectivity index (χ0) is 15.2. The summed E-state index contributed by atoms with van der Waals surface area (Å²) in [6.45, 7) is 5.07.